The lowest BCUT2D eigenvalue weighted by Gasteiger charge is -2.28. The van der Waals surface area contributed by atoms with Crippen LogP contribution in [0.15, 0.2) is 42.7 Å². The van der Waals surface area contributed by atoms with Gasteiger partial charge < -0.3 is 5.11 Å². The van der Waals surface area contributed by atoms with Crippen LogP contribution in [0.1, 0.15) is 29.7 Å². The molecule has 22 heavy (non-hydrogen) atoms. The largest absolute Gasteiger partial charge is 0.480 e. The average molecular weight is 302 g/mol. The van der Waals surface area contributed by atoms with Crippen LogP contribution in [0.3, 0.4) is 0 Å². The molecular weight excluding hydrogens is 283 g/mol. The number of halogens is 1. The summed E-state index contributed by atoms with van der Waals surface area (Å²) < 4.78 is 13.4. The number of rotatable bonds is 6. The molecule has 0 amide bonds. The number of aliphatic carboxylic acids is 1. The number of pyridine rings is 1. The van der Waals surface area contributed by atoms with Gasteiger partial charge in [0.15, 0.2) is 0 Å². The van der Waals surface area contributed by atoms with Gasteiger partial charge in [0, 0.05) is 18.9 Å². The summed E-state index contributed by atoms with van der Waals surface area (Å²) in [5, 5.41) is 9.62. The molecule has 116 valence electrons. The summed E-state index contributed by atoms with van der Waals surface area (Å²) >= 11 is 0. The van der Waals surface area contributed by atoms with Gasteiger partial charge in [0.1, 0.15) is 11.9 Å². The first-order chi connectivity index (χ1) is 10.5. The van der Waals surface area contributed by atoms with E-state index in [1.807, 2.05) is 24.0 Å². The monoisotopic (exact) mass is 302 g/mol. The fraction of sp³-hybridized carbons (Fsp3) is 0.294. The van der Waals surface area contributed by atoms with E-state index in [-0.39, 0.29) is 5.82 Å². The molecule has 1 aromatic carbocycles. The Kier molecular flexibility index (Phi) is 5.22. The molecule has 1 unspecified atom stereocenters. The molecule has 2 aromatic rings. The number of aromatic nitrogens is 1. The van der Waals surface area contributed by atoms with Crippen LogP contribution in [-0.4, -0.2) is 27.5 Å². The fourth-order valence-electron chi connectivity index (χ4n) is 2.46. The predicted molar refractivity (Wildman–Crippen MR) is 81.8 cm³/mol. The molecular formula is C17H19FN2O2. The molecule has 2 rings (SSSR count). The Labute approximate surface area is 129 Å². The van der Waals surface area contributed by atoms with E-state index in [4.69, 9.17) is 0 Å². The normalized spacial score (nSPS) is 12.4. The summed E-state index contributed by atoms with van der Waals surface area (Å²) in [6.07, 6.45) is 3.36. The third kappa shape index (κ3) is 3.68. The van der Waals surface area contributed by atoms with E-state index in [1.165, 1.54) is 12.1 Å². The van der Waals surface area contributed by atoms with Gasteiger partial charge in [-0.05, 0) is 48.4 Å². The van der Waals surface area contributed by atoms with Crippen molar-refractivity contribution >= 4 is 5.97 Å². The van der Waals surface area contributed by atoms with Crippen molar-refractivity contribution in [2.75, 3.05) is 6.54 Å². The van der Waals surface area contributed by atoms with E-state index in [0.717, 1.165) is 5.56 Å². The van der Waals surface area contributed by atoms with Crippen LogP contribution in [0.4, 0.5) is 4.39 Å². The van der Waals surface area contributed by atoms with Gasteiger partial charge in [-0.15, -0.1) is 0 Å². The number of nitrogens with zero attached hydrogens (tertiary/aromatic N) is 2. The molecule has 0 radical (unpaired) electrons. The molecule has 0 saturated carbocycles. The van der Waals surface area contributed by atoms with Crippen molar-refractivity contribution in [2.45, 2.75) is 26.4 Å². The highest BCUT2D eigenvalue weighted by Crippen LogP contribution is 2.24. The second kappa shape index (κ2) is 7.13. The summed E-state index contributed by atoms with van der Waals surface area (Å²) in [6.45, 7) is 4.60. The van der Waals surface area contributed by atoms with Gasteiger partial charge in [-0.2, -0.15) is 0 Å². The topological polar surface area (TPSA) is 53.4 Å². The van der Waals surface area contributed by atoms with E-state index in [0.29, 0.717) is 24.2 Å². The molecule has 0 spiro atoms. The zero-order valence-electron chi connectivity index (χ0n) is 12.7. The number of likely N-dealkylation sites (N-methyl/N-ethyl adjacent to an activating group) is 1. The number of benzene rings is 1. The molecule has 5 heteroatoms. The van der Waals surface area contributed by atoms with Crippen LogP contribution in [0.25, 0.3) is 0 Å². The number of carboxylic acids is 1. The molecule has 1 N–H and O–H groups in total. The lowest BCUT2D eigenvalue weighted by atomic mass is 10.0. The lowest BCUT2D eigenvalue weighted by molar-refractivity contribution is -0.143. The number of carbonyl (C=O) groups is 1. The standard InChI is InChI=1S/C17H19FN2O2/c1-3-20(11-13-6-8-19-9-7-13)16(17(21)22)14-4-5-15(18)12(2)10-14/h4-10,16H,3,11H2,1-2H3,(H,21,22). The van der Waals surface area contributed by atoms with Crippen LogP contribution < -0.4 is 0 Å². The lowest BCUT2D eigenvalue weighted by Crippen LogP contribution is -2.33. The molecule has 0 aliphatic rings. The zero-order chi connectivity index (χ0) is 16.1. The Hall–Kier alpha value is -2.27. The van der Waals surface area contributed by atoms with Gasteiger partial charge in [-0.3, -0.25) is 14.7 Å². The highest BCUT2D eigenvalue weighted by Gasteiger charge is 2.27. The maximum absolute atomic E-state index is 13.4. The van der Waals surface area contributed by atoms with Crippen LogP contribution in [0.2, 0.25) is 0 Å². The fourth-order valence-corrected chi connectivity index (χ4v) is 2.46. The molecule has 1 aromatic heterocycles. The minimum Gasteiger partial charge on any atom is -0.480 e. The van der Waals surface area contributed by atoms with Gasteiger partial charge in [0.2, 0.25) is 0 Å². The van der Waals surface area contributed by atoms with Crippen LogP contribution in [0, 0.1) is 12.7 Å². The van der Waals surface area contributed by atoms with Crippen LogP contribution in [-0.2, 0) is 11.3 Å². The molecule has 0 bridgehead atoms. The highest BCUT2D eigenvalue weighted by atomic mass is 19.1. The smallest absolute Gasteiger partial charge is 0.325 e. The molecule has 0 fully saturated rings. The van der Waals surface area contributed by atoms with Crippen molar-refractivity contribution in [1.82, 2.24) is 9.88 Å². The first-order valence-corrected chi connectivity index (χ1v) is 7.14. The Morgan fingerprint density at radius 2 is 2.00 bits per heavy atom. The zero-order valence-corrected chi connectivity index (χ0v) is 12.7. The van der Waals surface area contributed by atoms with Crippen molar-refractivity contribution in [3.05, 3.63) is 65.2 Å². The second-order valence-corrected chi connectivity index (χ2v) is 5.17. The predicted octanol–water partition coefficient (Wildman–Crippen LogP) is 3.18. The minimum atomic E-state index is -0.943. The molecule has 1 heterocycles. The summed E-state index contributed by atoms with van der Waals surface area (Å²) in [7, 11) is 0. The van der Waals surface area contributed by atoms with Crippen molar-refractivity contribution < 1.29 is 14.3 Å². The van der Waals surface area contributed by atoms with E-state index in [9.17, 15) is 14.3 Å². The Morgan fingerprint density at radius 3 is 2.55 bits per heavy atom. The Bertz CT molecular complexity index is 646. The van der Waals surface area contributed by atoms with Crippen molar-refractivity contribution in [3.8, 4) is 0 Å². The van der Waals surface area contributed by atoms with Gasteiger partial charge in [-0.1, -0.05) is 19.1 Å². The van der Waals surface area contributed by atoms with Gasteiger partial charge >= 0.3 is 5.97 Å². The first kappa shape index (κ1) is 16.1. The van der Waals surface area contributed by atoms with Crippen LogP contribution >= 0.6 is 0 Å². The summed E-state index contributed by atoms with van der Waals surface area (Å²) in [5.74, 6) is -1.27. The van der Waals surface area contributed by atoms with Gasteiger partial charge in [0.05, 0.1) is 0 Å². The van der Waals surface area contributed by atoms with Gasteiger partial charge in [0.25, 0.3) is 0 Å². The first-order valence-electron chi connectivity index (χ1n) is 7.14. The van der Waals surface area contributed by atoms with E-state index in [2.05, 4.69) is 4.98 Å². The van der Waals surface area contributed by atoms with Gasteiger partial charge in [-0.25, -0.2) is 4.39 Å². The van der Waals surface area contributed by atoms with Crippen LogP contribution in [0.5, 0.6) is 0 Å². The number of hydrogen-bond acceptors (Lipinski definition) is 3. The van der Waals surface area contributed by atoms with Crippen molar-refractivity contribution in [1.29, 1.82) is 0 Å². The number of carboxylic acid groups (broad SMARTS) is 1. The quantitative estimate of drug-likeness (QED) is 0.890. The van der Waals surface area contributed by atoms with E-state index in [1.54, 1.807) is 25.4 Å². The second-order valence-electron chi connectivity index (χ2n) is 5.17. The summed E-state index contributed by atoms with van der Waals surface area (Å²) in [6, 6.07) is 7.37. The molecule has 0 aliphatic carbocycles. The molecule has 0 aliphatic heterocycles. The van der Waals surface area contributed by atoms with Crippen molar-refractivity contribution in [2.24, 2.45) is 0 Å². The van der Waals surface area contributed by atoms with E-state index >= 15 is 0 Å². The average Bonchev–Trinajstić information content (AvgIpc) is 2.50. The number of aryl methyl sites for hydroxylation is 1. The highest BCUT2D eigenvalue weighted by molar-refractivity contribution is 5.75. The third-order valence-electron chi connectivity index (χ3n) is 3.64. The Balaban J connectivity index is 2.32. The van der Waals surface area contributed by atoms with Crippen molar-refractivity contribution in [3.63, 3.8) is 0 Å². The SMILES string of the molecule is CCN(Cc1ccncc1)C(C(=O)O)c1ccc(F)c(C)c1. The maximum atomic E-state index is 13.4. The number of hydrogen-bond donors (Lipinski definition) is 1. The molecule has 1 atom stereocenters. The maximum Gasteiger partial charge on any atom is 0.325 e. The van der Waals surface area contributed by atoms with E-state index < -0.39 is 12.0 Å². The third-order valence-corrected chi connectivity index (χ3v) is 3.64. The Morgan fingerprint density at radius 1 is 1.32 bits per heavy atom. The molecule has 4 nitrogen and oxygen atoms in total. The summed E-state index contributed by atoms with van der Waals surface area (Å²) in [5.41, 5.74) is 2.02. The minimum absolute atomic E-state index is 0.329. The summed E-state index contributed by atoms with van der Waals surface area (Å²) in [4.78, 5) is 17.5. The molecule has 0 saturated heterocycles.